The Bertz CT molecular complexity index is 404. The van der Waals surface area contributed by atoms with E-state index in [1.807, 2.05) is 6.26 Å². The van der Waals surface area contributed by atoms with Gasteiger partial charge in [-0.15, -0.1) is 0 Å². The molecule has 1 aromatic heterocycles. The van der Waals surface area contributed by atoms with Crippen molar-refractivity contribution in [3.05, 3.63) is 6.07 Å². The zero-order valence-corrected chi connectivity index (χ0v) is 13.0. The molecule has 0 saturated heterocycles. The van der Waals surface area contributed by atoms with Gasteiger partial charge in [0, 0.05) is 25.2 Å². The molecule has 0 unspecified atom stereocenters. The van der Waals surface area contributed by atoms with Crippen LogP contribution in [-0.4, -0.2) is 35.4 Å². The molecular formula is C14H24N4S. The van der Waals surface area contributed by atoms with Crippen molar-refractivity contribution in [2.45, 2.75) is 50.7 Å². The molecule has 1 heterocycles. The lowest BCUT2D eigenvalue weighted by Gasteiger charge is -2.29. The maximum atomic E-state index is 4.69. The molecule has 0 aliphatic heterocycles. The smallest absolute Gasteiger partial charge is 0.191 e. The Morgan fingerprint density at radius 2 is 2.05 bits per heavy atom. The number of hydrogen-bond acceptors (Lipinski definition) is 5. The molecule has 0 bridgehead atoms. The van der Waals surface area contributed by atoms with E-state index in [0.717, 1.165) is 29.9 Å². The van der Waals surface area contributed by atoms with Crippen LogP contribution < -0.4 is 10.2 Å². The van der Waals surface area contributed by atoms with Crippen LogP contribution in [-0.2, 0) is 0 Å². The molecule has 1 aliphatic rings. The van der Waals surface area contributed by atoms with Gasteiger partial charge in [-0.2, -0.15) is 0 Å². The minimum absolute atomic E-state index is 0.657. The van der Waals surface area contributed by atoms with Crippen LogP contribution in [0.15, 0.2) is 11.2 Å². The Morgan fingerprint density at radius 1 is 1.32 bits per heavy atom. The van der Waals surface area contributed by atoms with Crippen LogP contribution in [0.5, 0.6) is 0 Å². The highest BCUT2D eigenvalue weighted by atomic mass is 32.2. The van der Waals surface area contributed by atoms with Crippen LogP contribution >= 0.6 is 11.8 Å². The van der Waals surface area contributed by atoms with Gasteiger partial charge in [-0.25, -0.2) is 9.97 Å². The first kappa shape index (κ1) is 14.4. The summed E-state index contributed by atoms with van der Waals surface area (Å²) in [6, 6.07) is 2.74. The maximum Gasteiger partial charge on any atom is 0.191 e. The predicted octanol–water partition coefficient (Wildman–Crippen LogP) is 3.40. The van der Waals surface area contributed by atoms with Crippen molar-refractivity contribution < 1.29 is 0 Å². The number of aromatic nitrogens is 2. The molecule has 1 N–H and O–H groups in total. The van der Waals surface area contributed by atoms with Gasteiger partial charge in [-0.05, 0) is 32.9 Å². The number of nitrogens with zero attached hydrogens (tertiary/aromatic N) is 3. The first-order valence-corrected chi connectivity index (χ1v) is 8.44. The Labute approximate surface area is 120 Å². The number of rotatable bonds is 6. The van der Waals surface area contributed by atoms with Crippen molar-refractivity contribution in [2.75, 3.05) is 29.6 Å². The molecule has 1 aromatic rings. The van der Waals surface area contributed by atoms with E-state index in [2.05, 4.69) is 40.1 Å². The molecule has 5 heteroatoms. The minimum atomic E-state index is 0.657. The highest BCUT2D eigenvalue weighted by Gasteiger charge is 2.23. The quantitative estimate of drug-likeness (QED) is 0.639. The van der Waals surface area contributed by atoms with Gasteiger partial charge in [0.15, 0.2) is 5.16 Å². The molecule has 1 fully saturated rings. The summed E-state index contributed by atoms with van der Waals surface area (Å²) in [5.74, 6) is 2.01. The number of nitrogens with one attached hydrogen (secondary N) is 1. The molecule has 106 valence electrons. The first-order chi connectivity index (χ1) is 9.28. The van der Waals surface area contributed by atoms with Gasteiger partial charge < -0.3 is 10.2 Å². The SMILES string of the molecule is CCNc1cc(N(CC)C2CCCC2)nc(SC)n1. The maximum absolute atomic E-state index is 4.69. The van der Waals surface area contributed by atoms with E-state index in [0.29, 0.717) is 6.04 Å². The van der Waals surface area contributed by atoms with E-state index in [-0.39, 0.29) is 0 Å². The second kappa shape index (κ2) is 6.98. The van der Waals surface area contributed by atoms with Crippen LogP contribution in [0.4, 0.5) is 11.6 Å². The lowest BCUT2D eigenvalue weighted by atomic mass is 10.2. The van der Waals surface area contributed by atoms with E-state index in [9.17, 15) is 0 Å². The van der Waals surface area contributed by atoms with Crippen LogP contribution in [0.25, 0.3) is 0 Å². The second-order valence-corrected chi connectivity index (χ2v) is 5.63. The largest absolute Gasteiger partial charge is 0.370 e. The standard InChI is InChI=1S/C14H24N4S/c1-4-15-12-10-13(17-14(16-12)19-3)18(5-2)11-8-6-7-9-11/h10-11H,4-9H2,1-3H3,(H,15,16,17). The fraction of sp³-hybridized carbons (Fsp3) is 0.714. The molecular weight excluding hydrogens is 256 g/mol. The molecule has 19 heavy (non-hydrogen) atoms. The lowest BCUT2D eigenvalue weighted by Crippen LogP contribution is -2.33. The molecule has 0 atom stereocenters. The number of thioether (sulfide) groups is 1. The highest BCUT2D eigenvalue weighted by molar-refractivity contribution is 7.98. The van der Waals surface area contributed by atoms with Crippen molar-refractivity contribution in [2.24, 2.45) is 0 Å². The summed E-state index contributed by atoms with van der Waals surface area (Å²) in [5, 5.41) is 4.15. The van der Waals surface area contributed by atoms with Crippen molar-refractivity contribution >= 4 is 23.4 Å². The fourth-order valence-corrected chi connectivity index (χ4v) is 3.12. The Kier molecular flexibility index (Phi) is 5.31. The zero-order chi connectivity index (χ0) is 13.7. The van der Waals surface area contributed by atoms with Crippen LogP contribution in [0.2, 0.25) is 0 Å². The van der Waals surface area contributed by atoms with Crippen molar-refractivity contribution in [1.82, 2.24) is 9.97 Å². The van der Waals surface area contributed by atoms with E-state index < -0.39 is 0 Å². The van der Waals surface area contributed by atoms with E-state index in [1.165, 1.54) is 25.7 Å². The summed E-state index contributed by atoms with van der Waals surface area (Å²) >= 11 is 1.60. The van der Waals surface area contributed by atoms with E-state index in [1.54, 1.807) is 11.8 Å². The summed E-state index contributed by atoms with van der Waals surface area (Å²) in [4.78, 5) is 11.6. The molecule has 2 rings (SSSR count). The molecule has 0 spiro atoms. The molecule has 0 aromatic carbocycles. The molecule has 1 aliphatic carbocycles. The van der Waals surface area contributed by atoms with Crippen LogP contribution in [0, 0.1) is 0 Å². The summed E-state index contributed by atoms with van der Waals surface area (Å²) in [5.41, 5.74) is 0. The van der Waals surface area contributed by atoms with Crippen molar-refractivity contribution in [1.29, 1.82) is 0 Å². The minimum Gasteiger partial charge on any atom is -0.370 e. The summed E-state index contributed by atoms with van der Waals surface area (Å²) in [7, 11) is 0. The topological polar surface area (TPSA) is 41.0 Å². The van der Waals surface area contributed by atoms with E-state index >= 15 is 0 Å². The van der Waals surface area contributed by atoms with Gasteiger partial charge in [0.1, 0.15) is 11.6 Å². The second-order valence-electron chi connectivity index (χ2n) is 4.85. The average molecular weight is 280 g/mol. The van der Waals surface area contributed by atoms with Gasteiger partial charge in [0.25, 0.3) is 0 Å². The monoisotopic (exact) mass is 280 g/mol. The van der Waals surface area contributed by atoms with E-state index in [4.69, 9.17) is 0 Å². The normalized spacial score (nSPS) is 15.7. The fourth-order valence-electron chi connectivity index (χ4n) is 2.75. The average Bonchev–Trinajstić information content (AvgIpc) is 2.93. The lowest BCUT2D eigenvalue weighted by molar-refractivity contribution is 0.609. The van der Waals surface area contributed by atoms with Gasteiger partial charge in [-0.1, -0.05) is 24.6 Å². The summed E-state index contributed by atoms with van der Waals surface area (Å²) < 4.78 is 0. The highest BCUT2D eigenvalue weighted by Crippen LogP contribution is 2.29. The predicted molar refractivity (Wildman–Crippen MR) is 83.3 cm³/mol. The first-order valence-electron chi connectivity index (χ1n) is 7.22. The Balaban J connectivity index is 2.26. The Hall–Kier alpha value is -0.970. The Morgan fingerprint density at radius 3 is 2.63 bits per heavy atom. The number of hydrogen-bond donors (Lipinski definition) is 1. The molecule has 1 saturated carbocycles. The third kappa shape index (κ3) is 3.53. The van der Waals surface area contributed by atoms with Gasteiger partial charge in [-0.3, -0.25) is 0 Å². The number of anilines is 2. The zero-order valence-electron chi connectivity index (χ0n) is 12.1. The van der Waals surface area contributed by atoms with Crippen LogP contribution in [0.1, 0.15) is 39.5 Å². The van der Waals surface area contributed by atoms with Gasteiger partial charge in [0.05, 0.1) is 0 Å². The molecule has 0 amide bonds. The molecule has 4 nitrogen and oxygen atoms in total. The van der Waals surface area contributed by atoms with Crippen LogP contribution in [0.3, 0.4) is 0 Å². The van der Waals surface area contributed by atoms with Gasteiger partial charge >= 0.3 is 0 Å². The van der Waals surface area contributed by atoms with Crippen molar-refractivity contribution in [3.63, 3.8) is 0 Å². The third-order valence-electron chi connectivity index (χ3n) is 3.63. The summed E-state index contributed by atoms with van der Waals surface area (Å²) in [6.45, 7) is 6.21. The van der Waals surface area contributed by atoms with Crippen molar-refractivity contribution in [3.8, 4) is 0 Å². The molecule has 0 radical (unpaired) electrons. The third-order valence-corrected chi connectivity index (χ3v) is 4.18. The van der Waals surface area contributed by atoms with Gasteiger partial charge in [0.2, 0.25) is 0 Å². The summed E-state index contributed by atoms with van der Waals surface area (Å²) in [6.07, 6.45) is 7.32.